The number of Topliss-reactive ketones (excluding diaryl/α,β-unsaturated/α-hetero) is 1. The largest absolute Gasteiger partial charge is 0.345 e. The number of nitrogens with one attached hydrogen (secondary N) is 1. The van der Waals surface area contributed by atoms with E-state index in [4.69, 9.17) is 0 Å². The van der Waals surface area contributed by atoms with Gasteiger partial charge in [0, 0.05) is 23.0 Å². The summed E-state index contributed by atoms with van der Waals surface area (Å²) in [5.74, 6) is -0.721. The molecule has 10 heteroatoms. The van der Waals surface area contributed by atoms with Crippen molar-refractivity contribution < 1.29 is 14.4 Å². The van der Waals surface area contributed by atoms with Gasteiger partial charge in [0.2, 0.25) is 0 Å². The molecule has 1 N–H and O–H groups in total. The summed E-state index contributed by atoms with van der Waals surface area (Å²) >= 11 is 0. The van der Waals surface area contributed by atoms with Crippen LogP contribution in [-0.4, -0.2) is 53.9 Å². The number of benzene rings is 1. The molecular formula is C22H23N7O3. The molecule has 2 fully saturated rings. The number of tetrazole rings is 1. The van der Waals surface area contributed by atoms with E-state index in [-0.39, 0.29) is 12.3 Å². The first kappa shape index (κ1) is 20.1. The highest BCUT2D eigenvalue weighted by Gasteiger charge is 2.49. The van der Waals surface area contributed by atoms with Crippen LogP contribution in [0.15, 0.2) is 36.7 Å². The third-order valence-electron chi connectivity index (χ3n) is 6.31. The van der Waals surface area contributed by atoms with Crippen molar-refractivity contribution >= 4 is 17.7 Å². The van der Waals surface area contributed by atoms with Gasteiger partial charge in [-0.05, 0) is 67.8 Å². The van der Waals surface area contributed by atoms with Crippen LogP contribution in [0.5, 0.6) is 0 Å². The number of aryl methyl sites for hydroxylation is 1. The minimum Gasteiger partial charge on any atom is -0.345 e. The summed E-state index contributed by atoms with van der Waals surface area (Å²) in [5, 5.41) is 13.9. The molecule has 0 spiro atoms. The lowest BCUT2D eigenvalue weighted by molar-refractivity contribution is -0.130. The van der Waals surface area contributed by atoms with Gasteiger partial charge >= 0.3 is 6.03 Å². The molecule has 3 amide bonds. The van der Waals surface area contributed by atoms with Crippen molar-refractivity contribution in [2.24, 2.45) is 0 Å². The number of carbonyl (C=O) groups is 3. The smallest absolute Gasteiger partial charge is 0.325 e. The molecule has 3 aromatic rings. The van der Waals surface area contributed by atoms with Crippen LogP contribution in [0.2, 0.25) is 0 Å². The summed E-state index contributed by atoms with van der Waals surface area (Å²) in [7, 11) is 0. The van der Waals surface area contributed by atoms with E-state index in [9.17, 15) is 14.4 Å². The van der Waals surface area contributed by atoms with Gasteiger partial charge in [0.25, 0.3) is 5.91 Å². The summed E-state index contributed by atoms with van der Waals surface area (Å²) in [6.45, 7) is 5.22. The predicted molar refractivity (Wildman–Crippen MR) is 113 cm³/mol. The van der Waals surface area contributed by atoms with Crippen molar-refractivity contribution in [2.45, 2.75) is 45.2 Å². The number of aromatic nitrogens is 5. The van der Waals surface area contributed by atoms with Gasteiger partial charge < -0.3 is 9.88 Å². The number of urea groups is 1. The molecule has 0 bridgehead atoms. The van der Waals surface area contributed by atoms with Crippen molar-refractivity contribution in [1.29, 1.82) is 0 Å². The molecular weight excluding hydrogens is 410 g/mol. The summed E-state index contributed by atoms with van der Waals surface area (Å²) in [6, 6.07) is 8.75. The molecule has 2 aromatic heterocycles. The Labute approximate surface area is 184 Å². The highest BCUT2D eigenvalue weighted by Crippen LogP contribution is 2.38. The molecule has 1 saturated carbocycles. The molecule has 5 rings (SSSR count). The first-order valence-corrected chi connectivity index (χ1v) is 10.5. The Bertz CT molecular complexity index is 1240. The van der Waals surface area contributed by atoms with E-state index in [0.29, 0.717) is 22.9 Å². The SMILES string of the molecule is Cc1cc(C(=O)CN2C(=O)NC(C)(c3cccc(-n4cnnn4)c3)C2=O)c(C)n1C1CC1. The number of hydrogen-bond donors (Lipinski definition) is 1. The highest BCUT2D eigenvalue weighted by atomic mass is 16.2. The van der Waals surface area contributed by atoms with Crippen LogP contribution in [0.25, 0.3) is 5.69 Å². The Morgan fingerprint density at radius 2 is 2.00 bits per heavy atom. The van der Waals surface area contributed by atoms with Crippen LogP contribution in [-0.2, 0) is 10.3 Å². The normalized spacial score (nSPS) is 20.7. The van der Waals surface area contributed by atoms with Crippen LogP contribution < -0.4 is 5.32 Å². The molecule has 32 heavy (non-hydrogen) atoms. The van der Waals surface area contributed by atoms with Crippen LogP contribution in [0.1, 0.15) is 53.1 Å². The van der Waals surface area contributed by atoms with E-state index in [2.05, 4.69) is 25.4 Å². The lowest BCUT2D eigenvalue weighted by Gasteiger charge is -2.22. The van der Waals surface area contributed by atoms with Crippen molar-refractivity contribution in [3.63, 3.8) is 0 Å². The third-order valence-corrected chi connectivity index (χ3v) is 6.31. The summed E-state index contributed by atoms with van der Waals surface area (Å²) < 4.78 is 3.64. The lowest BCUT2D eigenvalue weighted by atomic mass is 9.91. The van der Waals surface area contributed by atoms with Crippen LogP contribution in [0, 0.1) is 13.8 Å². The standard InChI is InChI=1S/C22H23N7O3/c1-13-9-18(14(2)29(13)16-7-8-16)19(30)11-27-20(31)22(3,24-21(27)32)15-5-4-6-17(10-15)28-12-23-25-26-28/h4-6,9-10,12,16H,7-8,11H2,1-3H3,(H,24,32). The molecule has 1 atom stereocenters. The lowest BCUT2D eigenvalue weighted by Crippen LogP contribution is -2.41. The number of rotatable bonds is 6. The van der Waals surface area contributed by atoms with E-state index in [1.54, 1.807) is 31.2 Å². The average Bonchev–Trinajstić information content (AvgIpc) is 3.26. The van der Waals surface area contributed by atoms with Crippen molar-refractivity contribution in [3.05, 3.63) is 59.2 Å². The van der Waals surface area contributed by atoms with Crippen molar-refractivity contribution in [1.82, 2.24) is 35.0 Å². The fourth-order valence-electron chi connectivity index (χ4n) is 4.46. The third kappa shape index (κ3) is 3.10. The van der Waals surface area contributed by atoms with Gasteiger partial charge in [0.1, 0.15) is 11.9 Å². The average molecular weight is 433 g/mol. The second-order valence-corrected chi connectivity index (χ2v) is 8.56. The zero-order valence-electron chi connectivity index (χ0n) is 18.1. The molecule has 1 aliphatic heterocycles. The van der Waals surface area contributed by atoms with E-state index in [0.717, 1.165) is 29.1 Å². The number of amides is 3. The molecule has 164 valence electrons. The predicted octanol–water partition coefficient (Wildman–Crippen LogP) is 2.07. The monoisotopic (exact) mass is 433 g/mol. The van der Waals surface area contributed by atoms with E-state index in [1.807, 2.05) is 19.9 Å². The molecule has 1 aromatic carbocycles. The fraction of sp³-hybridized carbons (Fsp3) is 0.364. The fourth-order valence-corrected chi connectivity index (χ4v) is 4.46. The maximum Gasteiger partial charge on any atom is 0.325 e. The van der Waals surface area contributed by atoms with Gasteiger partial charge in [-0.15, -0.1) is 5.10 Å². The van der Waals surface area contributed by atoms with Crippen LogP contribution in [0.4, 0.5) is 4.79 Å². The summed E-state index contributed by atoms with van der Waals surface area (Å²) in [5.41, 5.74) is 2.40. The minimum atomic E-state index is -1.30. The Morgan fingerprint density at radius 3 is 2.69 bits per heavy atom. The maximum atomic E-state index is 13.3. The first-order valence-electron chi connectivity index (χ1n) is 10.5. The van der Waals surface area contributed by atoms with Gasteiger partial charge in [-0.2, -0.15) is 0 Å². The molecule has 1 saturated heterocycles. The van der Waals surface area contributed by atoms with Gasteiger partial charge in [0.15, 0.2) is 5.78 Å². The zero-order chi connectivity index (χ0) is 22.6. The Hall–Kier alpha value is -3.82. The molecule has 2 aliphatic rings. The number of carbonyl (C=O) groups excluding carboxylic acids is 3. The zero-order valence-corrected chi connectivity index (χ0v) is 18.1. The Kier molecular flexibility index (Phi) is 4.47. The van der Waals surface area contributed by atoms with Gasteiger partial charge in [-0.25, -0.2) is 9.48 Å². The van der Waals surface area contributed by atoms with Crippen LogP contribution in [0.3, 0.4) is 0 Å². The minimum absolute atomic E-state index is 0.250. The molecule has 1 aliphatic carbocycles. The highest BCUT2D eigenvalue weighted by molar-refractivity contribution is 6.11. The molecule has 0 radical (unpaired) electrons. The number of ketones is 1. The molecule has 1 unspecified atom stereocenters. The second-order valence-electron chi connectivity index (χ2n) is 8.56. The Balaban J connectivity index is 1.40. The number of nitrogens with zero attached hydrogens (tertiary/aromatic N) is 6. The Morgan fingerprint density at radius 1 is 1.22 bits per heavy atom. The van der Waals surface area contributed by atoms with E-state index >= 15 is 0 Å². The van der Waals surface area contributed by atoms with Gasteiger partial charge in [0.05, 0.1) is 12.2 Å². The van der Waals surface area contributed by atoms with E-state index in [1.165, 1.54) is 11.0 Å². The van der Waals surface area contributed by atoms with Crippen molar-refractivity contribution in [3.8, 4) is 5.69 Å². The number of hydrogen-bond acceptors (Lipinski definition) is 6. The topological polar surface area (TPSA) is 115 Å². The summed E-state index contributed by atoms with van der Waals surface area (Å²) in [4.78, 5) is 40.1. The van der Waals surface area contributed by atoms with Gasteiger partial charge in [-0.3, -0.25) is 14.5 Å². The van der Waals surface area contributed by atoms with Crippen molar-refractivity contribution in [2.75, 3.05) is 6.54 Å². The number of imide groups is 1. The molecule has 10 nitrogen and oxygen atoms in total. The van der Waals surface area contributed by atoms with Gasteiger partial charge in [-0.1, -0.05) is 12.1 Å². The molecule has 3 heterocycles. The second kappa shape index (κ2) is 7.11. The first-order chi connectivity index (χ1) is 15.3. The van der Waals surface area contributed by atoms with E-state index < -0.39 is 17.5 Å². The van der Waals surface area contributed by atoms with Crippen LogP contribution >= 0.6 is 0 Å². The quantitative estimate of drug-likeness (QED) is 0.470. The maximum absolute atomic E-state index is 13.3. The summed E-state index contributed by atoms with van der Waals surface area (Å²) in [6.07, 6.45) is 3.66.